The van der Waals surface area contributed by atoms with Crippen LogP contribution in [-0.4, -0.2) is 49.7 Å². The lowest BCUT2D eigenvalue weighted by Gasteiger charge is -2.36. The summed E-state index contributed by atoms with van der Waals surface area (Å²) < 4.78 is 5.09. The third-order valence-corrected chi connectivity index (χ3v) is 3.88. The first-order valence-electron chi connectivity index (χ1n) is 6.82. The number of methoxy groups -OCH3 is 1. The van der Waals surface area contributed by atoms with E-state index in [1.807, 2.05) is 12.3 Å². The summed E-state index contributed by atoms with van der Waals surface area (Å²) in [5, 5.41) is 0. The normalized spacial score (nSPS) is 21.1. The monoisotopic (exact) mass is 247 g/mol. The van der Waals surface area contributed by atoms with Crippen LogP contribution in [-0.2, 0) is 0 Å². The van der Waals surface area contributed by atoms with E-state index in [4.69, 9.17) is 4.74 Å². The topological polar surface area (TPSA) is 28.6 Å². The molecule has 0 radical (unpaired) electrons. The summed E-state index contributed by atoms with van der Waals surface area (Å²) in [6.45, 7) is 5.90. The maximum Gasteiger partial charge on any atom is 0.213 e. The van der Waals surface area contributed by atoms with Crippen molar-refractivity contribution in [2.45, 2.75) is 12.8 Å². The Morgan fingerprint density at radius 2 is 2.00 bits per heavy atom. The molecule has 0 aromatic carbocycles. The van der Waals surface area contributed by atoms with E-state index in [2.05, 4.69) is 20.9 Å². The molecule has 1 aliphatic carbocycles. The molecular formula is C14H21N3O. The average Bonchev–Trinajstić information content (AvgIpc) is 3.24. The fourth-order valence-electron chi connectivity index (χ4n) is 2.53. The third-order valence-electron chi connectivity index (χ3n) is 3.88. The molecule has 0 unspecified atom stereocenters. The van der Waals surface area contributed by atoms with Gasteiger partial charge in [0.2, 0.25) is 5.88 Å². The van der Waals surface area contributed by atoms with E-state index >= 15 is 0 Å². The SMILES string of the molecule is COc1ccc(N2CCN(CC3CC3)CC2)cn1. The Morgan fingerprint density at radius 1 is 1.22 bits per heavy atom. The summed E-state index contributed by atoms with van der Waals surface area (Å²) in [4.78, 5) is 9.29. The molecule has 2 fully saturated rings. The van der Waals surface area contributed by atoms with Crippen LogP contribution in [0, 0.1) is 5.92 Å². The molecule has 98 valence electrons. The van der Waals surface area contributed by atoms with Gasteiger partial charge in [-0.15, -0.1) is 0 Å². The second-order valence-electron chi connectivity index (χ2n) is 5.29. The van der Waals surface area contributed by atoms with E-state index in [0.29, 0.717) is 5.88 Å². The number of hydrogen-bond acceptors (Lipinski definition) is 4. The first kappa shape index (κ1) is 11.8. The molecule has 4 nitrogen and oxygen atoms in total. The van der Waals surface area contributed by atoms with E-state index < -0.39 is 0 Å². The van der Waals surface area contributed by atoms with Crippen molar-refractivity contribution in [3.63, 3.8) is 0 Å². The van der Waals surface area contributed by atoms with Gasteiger partial charge in [0.1, 0.15) is 0 Å². The number of anilines is 1. The summed E-state index contributed by atoms with van der Waals surface area (Å²) in [6.07, 6.45) is 4.81. The van der Waals surface area contributed by atoms with Crippen molar-refractivity contribution >= 4 is 5.69 Å². The molecule has 18 heavy (non-hydrogen) atoms. The molecule has 0 spiro atoms. The van der Waals surface area contributed by atoms with Gasteiger partial charge in [-0.3, -0.25) is 4.90 Å². The lowest BCUT2D eigenvalue weighted by molar-refractivity contribution is 0.248. The van der Waals surface area contributed by atoms with Crippen LogP contribution in [0.1, 0.15) is 12.8 Å². The molecule has 2 aliphatic rings. The number of ether oxygens (including phenoxy) is 1. The van der Waals surface area contributed by atoms with E-state index in [0.717, 1.165) is 19.0 Å². The van der Waals surface area contributed by atoms with Crippen molar-refractivity contribution in [2.75, 3.05) is 44.7 Å². The van der Waals surface area contributed by atoms with Gasteiger partial charge in [-0.25, -0.2) is 4.98 Å². The highest BCUT2D eigenvalue weighted by Crippen LogP contribution is 2.30. The zero-order chi connectivity index (χ0) is 12.4. The molecule has 1 aromatic rings. The Bertz CT molecular complexity index is 381. The molecule has 1 aliphatic heterocycles. The number of pyridine rings is 1. The molecule has 1 saturated heterocycles. The number of hydrogen-bond donors (Lipinski definition) is 0. The second kappa shape index (κ2) is 5.14. The molecule has 2 heterocycles. The lowest BCUT2D eigenvalue weighted by Crippen LogP contribution is -2.47. The van der Waals surface area contributed by atoms with Crippen LogP contribution < -0.4 is 9.64 Å². The van der Waals surface area contributed by atoms with Crippen molar-refractivity contribution in [2.24, 2.45) is 5.92 Å². The van der Waals surface area contributed by atoms with Crippen LogP contribution in [0.2, 0.25) is 0 Å². The minimum Gasteiger partial charge on any atom is -0.481 e. The summed E-state index contributed by atoms with van der Waals surface area (Å²) in [5.74, 6) is 1.69. The molecule has 0 atom stereocenters. The van der Waals surface area contributed by atoms with Gasteiger partial charge in [0.15, 0.2) is 0 Å². The van der Waals surface area contributed by atoms with E-state index in [1.54, 1.807) is 7.11 Å². The maximum atomic E-state index is 5.09. The summed E-state index contributed by atoms with van der Waals surface area (Å²) >= 11 is 0. The largest absolute Gasteiger partial charge is 0.481 e. The summed E-state index contributed by atoms with van der Waals surface area (Å²) in [6, 6.07) is 4.04. The Balaban J connectivity index is 1.54. The molecule has 0 N–H and O–H groups in total. The van der Waals surface area contributed by atoms with E-state index in [1.165, 1.54) is 38.2 Å². The van der Waals surface area contributed by atoms with Crippen LogP contribution in [0.15, 0.2) is 18.3 Å². The summed E-state index contributed by atoms with van der Waals surface area (Å²) in [7, 11) is 1.65. The van der Waals surface area contributed by atoms with Gasteiger partial charge in [0, 0.05) is 38.8 Å². The molecule has 1 aromatic heterocycles. The average molecular weight is 247 g/mol. The highest BCUT2D eigenvalue weighted by Gasteiger charge is 2.26. The van der Waals surface area contributed by atoms with Crippen LogP contribution in [0.25, 0.3) is 0 Å². The van der Waals surface area contributed by atoms with E-state index in [9.17, 15) is 0 Å². The van der Waals surface area contributed by atoms with Crippen molar-refractivity contribution in [1.29, 1.82) is 0 Å². The fourth-order valence-corrected chi connectivity index (χ4v) is 2.53. The molecular weight excluding hydrogens is 226 g/mol. The quantitative estimate of drug-likeness (QED) is 0.808. The predicted molar refractivity (Wildman–Crippen MR) is 72.2 cm³/mol. The Kier molecular flexibility index (Phi) is 3.37. The zero-order valence-electron chi connectivity index (χ0n) is 11.0. The van der Waals surface area contributed by atoms with Crippen LogP contribution >= 0.6 is 0 Å². The third kappa shape index (κ3) is 2.75. The Hall–Kier alpha value is -1.29. The van der Waals surface area contributed by atoms with Gasteiger partial charge in [-0.2, -0.15) is 0 Å². The van der Waals surface area contributed by atoms with Gasteiger partial charge in [0.25, 0.3) is 0 Å². The van der Waals surface area contributed by atoms with Crippen LogP contribution in [0.4, 0.5) is 5.69 Å². The number of nitrogens with zero attached hydrogens (tertiary/aromatic N) is 3. The fraction of sp³-hybridized carbons (Fsp3) is 0.643. The van der Waals surface area contributed by atoms with Crippen molar-refractivity contribution in [1.82, 2.24) is 9.88 Å². The van der Waals surface area contributed by atoms with Gasteiger partial charge in [-0.05, 0) is 24.8 Å². The Morgan fingerprint density at radius 3 is 2.56 bits per heavy atom. The molecule has 4 heteroatoms. The van der Waals surface area contributed by atoms with Crippen molar-refractivity contribution in [3.05, 3.63) is 18.3 Å². The van der Waals surface area contributed by atoms with Crippen molar-refractivity contribution < 1.29 is 4.74 Å². The molecule has 3 rings (SSSR count). The van der Waals surface area contributed by atoms with Crippen LogP contribution in [0.5, 0.6) is 5.88 Å². The van der Waals surface area contributed by atoms with Gasteiger partial charge >= 0.3 is 0 Å². The number of piperazine rings is 1. The first-order chi connectivity index (χ1) is 8.85. The highest BCUT2D eigenvalue weighted by molar-refractivity contribution is 5.45. The Labute approximate surface area is 109 Å². The first-order valence-corrected chi connectivity index (χ1v) is 6.82. The number of aromatic nitrogens is 1. The minimum absolute atomic E-state index is 0.686. The lowest BCUT2D eigenvalue weighted by atomic mass is 10.2. The number of rotatable bonds is 4. The van der Waals surface area contributed by atoms with Gasteiger partial charge < -0.3 is 9.64 Å². The zero-order valence-corrected chi connectivity index (χ0v) is 11.0. The molecule has 0 amide bonds. The standard InChI is InChI=1S/C14H21N3O/c1-18-14-5-4-13(10-15-14)17-8-6-16(7-9-17)11-12-2-3-12/h4-5,10,12H,2-3,6-9,11H2,1H3. The smallest absolute Gasteiger partial charge is 0.213 e. The molecule has 1 saturated carbocycles. The highest BCUT2D eigenvalue weighted by atomic mass is 16.5. The maximum absolute atomic E-state index is 5.09. The molecule has 0 bridgehead atoms. The van der Waals surface area contributed by atoms with Gasteiger partial charge in [-0.1, -0.05) is 0 Å². The van der Waals surface area contributed by atoms with Gasteiger partial charge in [0.05, 0.1) is 19.0 Å². The second-order valence-corrected chi connectivity index (χ2v) is 5.29. The van der Waals surface area contributed by atoms with Crippen molar-refractivity contribution in [3.8, 4) is 5.88 Å². The minimum atomic E-state index is 0.686. The summed E-state index contributed by atoms with van der Waals surface area (Å²) in [5.41, 5.74) is 1.21. The van der Waals surface area contributed by atoms with E-state index in [-0.39, 0.29) is 0 Å². The predicted octanol–water partition coefficient (Wildman–Crippen LogP) is 1.62. The van der Waals surface area contributed by atoms with Crippen LogP contribution in [0.3, 0.4) is 0 Å².